The van der Waals surface area contributed by atoms with Crippen molar-refractivity contribution in [3.05, 3.63) is 53.6 Å². The Labute approximate surface area is 130 Å². The van der Waals surface area contributed by atoms with Crippen LogP contribution in [-0.2, 0) is 0 Å². The van der Waals surface area contributed by atoms with Gasteiger partial charge in [0, 0.05) is 5.69 Å². The number of nitrogens with one attached hydrogen (secondary N) is 2. The summed E-state index contributed by atoms with van der Waals surface area (Å²) in [6.45, 7) is 0. The molecule has 0 amide bonds. The highest BCUT2D eigenvalue weighted by Gasteiger charge is 2.10. The van der Waals surface area contributed by atoms with Crippen LogP contribution in [0, 0.1) is 22.7 Å². The fourth-order valence-corrected chi connectivity index (χ4v) is 2.41. The maximum Gasteiger partial charge on any atom is 0.253 e. The number of hydrogen-bond acceptors (Lipinski definition) is 5. The molecule has 7 heteroatoms. The molecule has 0 saturated carbocycles. The van der Waals surface area contributed by atoms with Crippen LogP contribution in [0.15, 0.2) is 42.5 Å². The van der Waals surface area contributed by atoms with Gasteiger partial charge in [-0.25, -0.2) is 9.50 Å². The second-order valence-electron chi connectivity index (χ2n) is 4.95. The van der Waals surface area contributed by atoms with Crippen LogP contribution in [0.1, 0.15) is 11.1 Å². The smallest absolute Gasteiger partial charge is 0.253 e. The van der Waals surface area contributed by atoms with E-state index in [9.17, 15) is 0 Å². The minimum atomic E-state index is 0.508. The standard InChI is InChI=1S/C16H9N7/c17-8-10-2-1-3-12(6-10)19-15-21-16-20-13-7-11(9-18)4-5-14(13)23(16)22-15/h1-7H,(H2,19,20,21,22). The van der Waals surface area contributed by atoms with Gasteiger partial charge in [0.15, 0.2) is 0 Å². The van der Waals surface area contributed by atoms with E-state index in [1.165, 1.54) is 0 Å². The summed E-state index contributed by atoms with van der Waals surface area (Å²) >= 11 is 0. The lowest BCUT2D eigenvalue weighted by Crippen LogP contribution is -1.94. The van der Waals surface area contributed by atoms with Crippen molar-refractivity contribution in [3.63, 3.8) is 0 Å². The molecule has 2 aromatic heterocycles. The summed E-state index contributed by atoms with van der Waals surface area (Å²) in [4.78, 5) is 8.77. The first-order valence-corrected chi connectivity index (χ1v) is 6.82. The van der Waals surface area contributed by atoms with Gasteiger partial charge >= 0.3 is 0 Å². The minimum Gasteiger partial charge on any atom is -0.325 e. The number of H-pyrrole nitrogens is 1. The van der Waals surface area contributed by atoms with Crippen LogP contribution in [0.25, 0.3) is 16.8 Å². The molecule has 2 heterocycles. The first-order chi connectivity index (χ1) is 11.3. The van der Waals surface area contributed by atoms with Crippen molar-refractivity contribution in [1.29, 1.82) is 10.5 Å². The van der Waals surface area contributed by atoms with Crippen LogP contribution in [0.4, 0.5) is 11.6 Å². The average Bonchev–Trinajstić information content (AvgIpc) is 3.11. The third-order valence-corrected chi connectivity index (χ3v) is 3.45. The van der Waals surface area contributed by atoms with Gasteiger partial charge in [0.05, 0.1) is 34.3 Å². The van der Waals surface area contributed by atoms with Gasteiger partial charge in [-0.05, 0) is 36.4 Å². The molecule has 0 bridgehead atoms. The lowest BCUT2D eigenvalue weighted by Gasteiger charge is -2.02. The molecule has 0 spiro atoms. The van der Waals surface area contributed by atoms with Crippen LogP contribution in [0.5, 0.6) is 0 Å². The Hall–Kier alpha value is -3.84. The second-order valence-corrected chi connectivity index (χ2v) is 4.95. The highest BCUT2D eigenvalue weighted by atomic mass is 15.4. The van der Waals surface area contributed by atoms with E-state index in [0.717, 1.165) is 11.2 Å². The molecule has 108 valence electrons. The zero-order valence-corrected chi connectivity index (χ0v) is 11.8. The number of aromatic amines is 1. The summed E-state index contributed by atoms with van der Waals surface area (Å²) in [5.74, 6) is 1.03. The summed E-state index contributed by atoms with van der Waals surface area (Å²) < 4.78 is 1.74. The minimum absolute atomic E-state index is 0.508. The Bertz CT molecular complexity index is 1120. The highest BCUT2D eigenvalue weighted by Crippen LogP contribution is 2.20. The number of benzene rings is 2. The van der Waals surface area contributed by atoms with Gasteiger partial charge in [-0.3, -0.25) is 5.10 Å². The Morgan fingerprint density at radius 2 is 1.83 bits per heavy atom. The van der Waals surface area contributed by atoms with Gasteiger partial charge in [-0.1, -0.05) is 6.07 Å². The predicted molar refractivity (Wildman–Crippen MR) is 84.0 cm³/mol. The molecular formula is C16H9N7. The van der Waals surface area contributed by atoms with E-state index < -0.39 is 0 Å². The van der Waals surface area contributed by atoms with Crippen LogP contribution >= 0.6 is 0 Å². The van der Waals surface area contributed by atoms with E-state index in [0.29, 0.717) is 28.4 Å². The Morgan fingerprint density at radius 1 is 1.00 bits per heavy atom. The normalized spacial score (nSPS) is 10.5. The van der Waals surface area contributed by atoms with Crippen LogP contribution in [0.2, 0.25) is 0 Å². The molecule has 0 saturated heterocycles. The molecule has 23 heavy (non-hydrogen) atoms. The molecule has 2 N–H and O–H groups in total. The van der Waals surface area contributed by atoms with E-state index in [1.807, 2.05) is 12.1 Å². The number of rotatable bonds is 2. The summed E-state index contributed by atoms with van der Waals surface area (Å²) in [5, 5.41) is 24.1. The fraction of sp³-hybridized carbons (Fsp3) is 0. The summed E-state index contributed by atoms with van der Waals surface area (Å²) in [6, 6.07) is 16.6. The maximum absolute atomic E-state index is 8.93. The van der Waals surface area contributed by atoms with E-state index in [4.69, 9.17) is 10.5 Å². The van der Waals surface area contributed by atoms with Gasteiger partial charge in [0.25, 0.3) is 5.78 Å². The van der Waals surface area contributed by atoms with Crippen molar-refractivity contribution in [2.45, 2.75) is 0 Å². The number of fused-ring (bicyclic) bond motifs is 3. The van der Waals surface area contributed by atoms with Crippen molar-refractivity contribution in [2.24, 2.45) is 0 Å². The SMILES string of the molecule is N#Cc1cccc(Nc2nc3nc4cc(C#N)ccc4n3[nH]2)c1. The third-order valence-electron chi connectivity index (χ3n) is 3.45. The van der Waals surface area contributed by atoms with Crippen LogP contribution < -0.4 is 5.32 Å². The number of hydrogen-bond donors (Lipinski definition) is 2. The summed E-state index contributed by atoms with van der Waals surface area (Å²) in [6.07, 6.45) is 0. The Kier molecular flexibility index (Phi) is 2.72. The maximum atomic E-state index is 8.93. The van der Waals surface area contributed by atoms with Crippen molar-refractivity contribution in [3.8, 4) is 12.1 Å². The topological polar surface area (TPSA) is 106 Å². The summed E-state index contributed by atoms with van der Waals surface area (Å²) in [7, 11) is 0. The zero-order chi connectivity index (χ0) is 15.8. The van der Waals surface area contributed by atoms with E-state index in [-0.39, 0.29) is 0 Å². The van der Waals surface area contributed by atoms with Crippen LogP contribution in [0.3, 0.4) is 0 Å². The second kappa shape index (κ2) is 4.86. The number of anilines is 2. The van der Waals surface area contributed by atoms with Crippen LogP contribution in [-0.4, -0.2) is 19.6 Å². The zero-order valence-electron chi connectivity index (χ0n) is 11.8. The fourth-order valence-electron chi connectivity index (χ4n) is 2.41. The Morgan fingerprint density at radius 3 is 2.65 bits per heavy atom. The van der Waals surface area contributed by atoms with Gasteiger partial charge in [0.2, 0.25) is 5.95 Å². The number of imidazole rings is 1. The number of nitrogens with zero attached hydrogens (tertiary/aromatic N) is 5. The monoisotopic (exact) mass is 299 g/mol. The third kappa shape index (κ3) is 2.13. The molecule has 0 atom stereocenters. The first-order valence-electron chi connectivity index (χ1n) is 6.82. The molecule has 4 aromatic rings. The molecule has 0 aliphatic carbocycles. The molecule has 2 aromatic carbocycles. The quantitative estimate of drug-likeness (QED) is 0.592. The number of nitriles is 2. The van der Waals surface area contributed by atoms with Crippen molar-refractivity contribution >= 4 is 28.4 Å². The molecule has 4 rings (SSSR count). The van der Waals surface area contributed by atoms with Gasteiger partial charge < -0.3 is 5.32 Å². The molecule has 0 aliphatic rings. The first kappa shape index (κ1) is 12.9. The van der Waals surface area contributed by atoms with Crippen molar-refractivity contribution in [2.75, 3.05) is 5.32 Å². The van der Waals surface area contributed by atoms with E-state index in [2.05, 4.69) is 32.5 Å². The molecule has 0 radical (unpaired) electrons. The van der Waals surface area contributed by atoms with Crippen molar-refractivity contribution < 1.29 is 0 Å². The molecule has 7 nitrogen and oxygen atoms in total. The average molecular weight is 299 g/mol. The molecule has 0 aliphatic heterocycles. The summed E-state index contributed by atoms with van der Waals surface area (Å²) in [5.41, 5.74) is 3.44. The van der Waals surface area contributed by atoms with Gasteiger partial charge in [-0.2, -0.15) is 15.5 Å². The Balaban J connectivity index is 1.75. The van der Waals surface area contributed by atoms with E-state index in [1.54, 1.807) is 34.8 Å². The van der Waals surface area contributed by atoms with Gasteiger partial charge in [-0.15, -0.1) is 0 Å². The van der Waals surface area contributed by atoms with Gasteiger partial charge in [0.1, 0.15) is 0 Å². The molecular weight excluding hydrogens is 290 g/mol. The predicted octanol–water partition coefficient (Wildman–Crippen LogP) is 2.70. The highest BCUT2D eigenvalue weighted by molar-refractivity contribution is 5.81. The number of aromatic nitrogens is 4. The van der Waals surface area contributed by atoms with E-state index >= 15 is 0 Å². The largest absolute Gasteiger partial charge is 0.325 e. The molecule has 0 unspecified atom stereocenters. The molecule has 0 fully saturated rings. The lowest BCUT2D eigenvalue weighted by atomic mass is 10.2. The van der Waals surface area contributed by atoms with Crippen molar-refractivity contribution in [1.82, 2.24) is 19.6 Å². The lowest BCUT2D eigenvalue weighted by molar-refractivity contribution is 1.01.